The number of hydrogen-bond acceptors (Lipinski definition) is 2. The van der Waals surface area contributed by atoms with Crippen LogP contribution in [0.4, 0.5) is 10.5 Å². The third kappa shape index (κ3) is 4.45. The van der Waals surface area contributed by atoms with E-state index >= 15 is 0 Å². The Kier molecular flexibility index (Phi) is 5.78. The molecule has 0 heterocycles. The molecule has 0 fully saturated rings. The zero-order valence-electron chi connectivity index (χ0n) is 10.9. The van der Waals surface area contributed by atoms with E-state index in [0.717, 1.165) is 18.4 Å². The molecule has 0 saturated heterocycles. The average molecular weight is 270 g/mol. The van der Waals surface area contributed by atoms with Crippen molar-refractivity contribution in [3.63, 3.8) is 0 Å². The minimum absolute atomic E-state index is 0.0954. The summed E-state index contributed by atoms with van der Waals surface area (Å²) < 4.78 is 0. The summed E-state index contributed by atoms with van der Waals surface area (Å²) in [4.78, 5) is 13.4. The summed E-state index contributed by atoms with van der Waals surface area (Å²) in [7, 11) is 1.74. The van der Waals surface area contributed by atoms with Crippen molar-refractivity contribution in [3.8, 4) is 0 Å². The van der Waals surface area contributed by atoms with Gasteiger partial charge >= 0.3 is 6.03 Å². The first-order valence-electron chi connectivity index (χ1n) is 6.07. The standard InChI is InChI=1S/C13H20ClN3O/c1-3-4-7-16-13(18)17(2)9-10-8-11(15)5-6-12(10)14/h5-6,8H,3-4,7,9,15H2,1-2H3,(H,16,18). The minimum atomic E-state index is -0.0954. The molecule has 18 heavy (non-hydrogen) atoms. The lowest BCUT2D eigenvalue weighted by molar-refractivity contribution is 0.207. The highest BCUT2D eigenvalue weighted by Crippen LogP contribution is 2.20. The first-order valence-corrected chi connectivity index (χ1v) is 6.45. The van der Waals surface area contributed by atoms with Gasteiger partial charge in [-0.15, -0.1) is 0 Å². The first kappa shape index (κ1) is 14.6. The van der Waals surface area contributed by atoms with Gasteiger partial charge in [-0.05, 0) is 30.2 Å². The molecule has 0 aromatic heterocycles. The molecule has 0 saturated carbocycles. The molecule has 4 nitrogen and oxygen atoms in total. The van der Waals surface area contributed by atoms with E-state index in [0.29, 0.717) is 23.8 Å². The monoisotopic (exact) mass is 269 g/mol. The molecule has 3 N–H and O–H groups in total. The Hall–Kier alpha value is -1.42. The Labute approximate surface area is 113 Å². The van der Waals surface area contributed by atoms with Crippen molar-refractivity contribution < 1.29 is 4.79 Å². The van der Waals surface area contributed by atoms with Gasteiger partial charge in [0.15, 0.2) is 0 Å². The Morgan fingerprint density at radius 1 is 1.50 bits per heavy atom. The van der Waals surface area contributed by atoms with Crippen LogP contribution in [0.1, 0.15) is 25.3 Å². The van der Waals surface area contributed by atoms with Crippen LogP contribution in [0, 0.1) is 0 Å². The van der Waals surface area contributed by atoms with Gasteiger partial charge < -0.3 is 16.0 Å². The van der Waals surface area contributed by atoms with Crippen LogP contribution in [-0.4, -0.2) is 24.5 Å². The molecule has 0 aliphatic heterocycles. The van der Waals surface area contributed by atoms with Crippen molar-refractivity contribution in [2.75, 3.05) is 19.3 Å². The van der Waals surface area contributed by atoms with Gasteiger partial charge in [-0.1, -0.05) is 24.9 Å². The van der Waals surface area contributed by atoms with Crippen molar-refractivity contribution in [2.24, 2.45) is 0 Å². The number of nitrogens with zero attached hydrogens (tertiary/aromatic N) is 1. The number of nitrogens with one attached hydrogen (secondary N) is 1. The fraction of sp³-hybridized carbons (Fsp3) is 0.462. The number of halogens is 1. The van der Waals surface area contributed by atoms with Crippen LogP contribution in [0.5, 0.6) is 0 Å². The third-order valence-electron chi connectivity index (χ3n) is 2.63. The lowest BCUT2D eigenvalue weighted by Gasteiger charge is -2.19. The average Bonchev–Trinajstić information content (AvgIpc) is 2.34. The molecule has 1 aromatic rings. The van der Waals surface area contributed by atoms with Crippen LogP contribution in [0.25, 0.3) is 0 Å². The van der Waals surface area contributed by atoms with E-state index in [1.807, 2.05) is 0 Å². The largest absolute Gasteiger partial charge is 0.399 e. The fourth-order valence-electron chi connectivity index (χ4n) is 1.55. The minimum Gasteiger partial charge on any atom is -0.399 e. The molecule has 0 spiro atoms. The molecule has 100 valence electrons. The smallest absolute Gasteiger partial charge is 0.317 e. The number of rotatable bonds is 5. The van der Waals surface area contributed by atoms with Crippen molar-refractivity contribution in [2.45, 2.75) is 26.3 Å². The van der Waals surface area contributed by atoms with E-state index in [4.69, 9.17) is 17.3 Å². The topological polar surface area (TPSA) is 58.4 Å². The first-order chi connectivity index (χ1) is 8.54. The van der Waals surface area contributed by atoms with Crippen molar-refractivity contribution in [1.82, 2.24) is 10.2 Å². The molecule has 2 amide bonds. The highest BCUT2D eigenvalue weighted by Gasteiger charge is 2.10. The van der Waals surface area contributed by atoms with Crippen molar-refractivity contribution in [1.29, 1.82) is 0 Å². The number of carbonyl (C=O) groups excluding carboxylic acids is 1. The molecule has 0 aliphatic rings. The van der Waals surface area contributed by atoms with Gasteiger partial charge in [0.25, 0.3) is 0 Å². The molecule has 0 aliphatic carbocycles. The van der Waals surface area contributed by atoms with Gasteiger partial charge in [0.05, 0.1) is 0 Å². The van der Waals surface area contributed by atoms with Crippen LogP contribution in [0.2, 0.25) is 5.02 Å². The summed E-state index contributed by atoms with van der Waals surface area (Å²) in [6, 6.07) is 5.18. The normalized spacial score (nSPS) is 10.2. The Balaban J connectivity index is 2.55. The number of nitrogen functional groups attached to an aromatic ring is 1. The SMILES string of the molecule is CCCCNC(=O)N(C)Cc1cc(N)ccc1Cl. The van der Waals surface area contributed by atoms with Gasteiger partial charge in [-0.3, -0.25) is 0 Å². The van der Waals surface area contributed by atoms with E-state index in [2.05, 4.69) is 12.2 Å². The summed E-state index contributed by atoms with van der Waals surface area (Å²) in [5.74, 6) is 0. The van der Waals surface area contributed by atoms with Crippen LogP contribution < -0.4 is 11.1 Å². The van der Waals surface area contributed by atoms with Gasteiger partial charge in [0.1, 0.15) is 0 Å². The second-order valence-electron chi connectivity index (χ2n) is 4.29. The molecule has 0 radical (unpaired) electrons. The maximum atomic E-state index is 11.8. The predicted molar refractivity (Wildman–Crippen MR) is 75.6 cm³/mol. The summed E-state index contributed by atoms with van der Waals surface area (Å²) in [5.41, 5.74) is 7.20. The predicted octanol–water partition coefficient (Wildman–Crippen LogP) is 2.86. The third-order valence-corrected chi connectivity index (χ3v) is 3.00. The van der Waals surface area contributed by atoms with Crippen LogP contribution in [0.15, 0.2) is 18.2 Å². The lowest BCUT2D eigenvalue weighted by atomic mass is 10.2. The van der Waals surface area contributed by atoms with Crippen LogP contribution in [-0.2, 0) is 6.54 Å². The van der Waals surface area contributed by atoms with Gasteiger partial charge in [-0.25, -0.2) is 4.79 Å². The number of carbonyl (C=O) groups is 1. The Morgan fingerprint density at radius 3 is 2.89 bits per heavy atom. The fourth-order valence-corrected chi connectivity index (χ4v) is 1.73. The molecule has 5 heteroatoms. The molecule has 1 aromatic carbocycles. The van der Waals surface area contributed by atoms with E-state index in [1.165, 1.54) is 0 Å². The van der Waals surface area contributed by atoms with Crippen LogP contribution >= 0.6 is 11.6 Å². The van der Waals surface area contributed by atoms with Gasteiger partial charge in [0, 0.05) is 30.8 Å². The van der Waals surface area contributed by atoms with E-state index < -0.39 is 0 Å². The summed E-state index contributed by atoms with van der Waals surface area (Å²) in [5, 5.41) is 3.47. The van der Waals surface area contributed by atoms with Gasteiger partial charge in [-0.2, -0.15) is 0 Å². The van der Waals surface area contributed by atoms with Crippen molar-refractivity contribution >= 4 is 23.3 Å². The zero-order valence-corrected chi connectivity index (χ0v) is 11.6. The van der Waals surface area contributed by atoms with Crippen LogP contribution in [0.3, 0.4) is 0 Å². The Bertz CT molecular complexity index is 409. The number of anilines is 1. The summed E-state index contributed by atoms with van der Waals surface area (Å²) in [6.45, 7) is 3.23. The van der Waals surface area contributed by atoms with Gasteiger partial charge in [0.2, 0.25) is 0 Å². The maximum absolute atomic E-state index is 11.8. The number of nitrogens with two attached hydrogens (primary N) is 1. The second-order valence-corrected chi connectivity index (χ2v) is 4.70. The zero-order chi connectivity index (χ0) is 13.5. The Morgan fingerprint density at radius 2 is 2.22 bits per heavy atom. The number of unbranched alkanes of at least 4 members (excludes halogenated alkanes) is 1. The number of amides is 2. The molecule has 0 unspecified atom stereocenters. The summed E-state index contributed by atoms with van der Waals surface area (Å²) >= 11 is 6.06. The highest BCUT2D eigenvalue weighted by atomic mass is 35.5. The van der Waals surface area contributed by atoms with E-state index in [1.54, 1.807) is 30.1 Å². The van der Waals surface area contributed by atoms with Crippen molar-refractivity contribution in [3.05, 3.63) is 28.8 Å². The summed E-state index contributed by atoms with van der Waals surface area (Å²) in [6.07, 6.45) is 2.05. The number of benzene rings is 1. The lowest BCUT2D eigenvalue weighted by Crippen LogP contribution is -2.37. The highest BCUT2D eigenvalue weighted by molar-refractivity contribution is 6.31. The molecule has 1 rings (SSSR count). The van der Waals surface area contributed by atoms with E-state index in [9.17, 15) is 4.79 Å². The molecular weight excluding hydrogens is 250 g/mol. The quantitative estimate of drug-likeness (QED) is 0.638. The number of urea groups is 1. The molecule has 0 atom stereocenters. The second kappa shape index (κ2) is 7.11. The molecule has 0 bridgehead atoms. The number of hydrogen-bond donors (Lipinski definition) is 2. The molecular formula is C13H20ClN3O. The van der Waals surface area contributed by atoms with E-state index in [-0.39, 0.29) is 6.03 Å². The maximum Gasteiger partial charge on any atom is 0.317 e.